The van der Waals surface area contributed by atoms with Crippen LogP contribution >= 0.6 is 11.3 Å². The molecule has 0 aliphatic rings. The molecule has 10 rings (SSSR count). The van der Waals surface area contributed by atoms with Gasteiger partial charge < -0.3 is 9.32 Å². The number of benzene rings is 8. The molecule has 3 heteroatoms. The lowest BCUT2D eigenvalue weighted by molar-refractivity contribution is 0.669. The van der Waals surface area contributed by atoms with Crippen LogP contribution in [0.25, 0.3) is 75.5 Å². The van der Waals surface area contributed by atoms with Crippen molar-refractivity contribution in [1.82, 2.24) is 0 Å². The molecule has 2 nitrogen and oxygen atoms in total. The predicted molar refractivity (Wildman–Crippen MR) is 218 cm³/mol. The minimum absolute atomic E-state index is 0.895. The molecule has 8 aromatic carbocycles. The van der Waals surface area contributed by atoms with E-state index in [4.69, 9.17) is 4.42 Å². The summed E-state index contributed by atoms with van der Waals surface area (Å²) in [6, 6.07) is 67.2. The Labute approximate surface area is 300 Å². The summed E-state index contributed by atoms with van der Waals surface area (Å²) in [6.45, 7) is 0. The van der Waals surface area contributed by atoms with Gasteiger partial charge in [0.05, 0.1) is 5.69 Å². The van der Waals surface area contributed by atoms with E-state index < -0.39 is 0 Å². The van der Waals surface area contributed by atoms with Crippen LogP contribution in [0.2, 0.25) is 0 Å². The molecule has 0 unspecified atom stereocenters. The van der Waals surface area contributed by atoms with Crippen molar-refractivity contribution in [3.8, 4) is 33.4 Å². The molecule has 0 amide bonds. The second kappa shape index (κ2) is 12.2. The average molecular weight is 670 g/mol. The zero-order valence-electron chi connectivity index (χ0n) is 27.7. The lowest BCUT2D eigenvalue weighted by Crippen LogP contribution is -2.10. The largest absolute Gasteiger partial charge is 0.454 e. The Morgan fingerprint density at radius 3 is 1.55 bits per heavy atom. The standard InChI is InChI=1S/C48H31NOS/c1-4-14-32(15-5-1)35-28-36(33-16-6-2-7-17-33)30-37(29-35)34-24-26-39(27-25-34)49(38-18-8-3-9-19-38)43-31-42-40-20-11-13-23-45(40)51-48(42)46-41-21-10-12-22-44(41)50-47(43)46/h1-31H. The molecule has 0 atom stereocenters. The highest BCUT2D eigenvalue weighted by molar-refractivity contribution is 7.26. The molecule has 0 fully saturated rings. The number of furan rings is 1. The maximum absolute atomic E-state index is 6.78. The summed E-state index contributed by atoms with van der Waals surface area (Å²) in [5, 5.41) is 4.82. The number of fused-ring (bicyclic) bond motifs is 7. The zero-order valence-corrected chi connectivity index (χ0v) is 28.5. The van der Waals surface area contributed by atoms with Crippen molar-refractivity contribution in [1.29, 1.82) is 0 Å². The molecule has 0 N–H and O–H groups in total. The fourth-order valence-corrected chi connectivity index (χ4v) is 8.65. The normalized spacial score (nSPS) is 11.5. The monoisotopic (exact) mass is 669 g/mol. The maximum atomic E-state index is 6.78. The minimum Gasteiger partial charge on any atom is -0.454 e. The van der Waals surface area contributed by atoms with E-state index >= 15 is 0 Å². The van der Waals surface area contributed by atoms with Crippen molar-refractivity contribution >= 4 is 70.5 Å². The predicted octanol–water partition coefficient (Wildman–Crippen LogP) is 14.4. The lowest BCUT2D eigenvalue weighted by atomic mass is 9.93. The fourth-order valence-electron chi connectivity index (χ4n) is 7.41. The second-order valence-corrected chi connectivity index (χ2v) is 14.0. The van der Waals surface area contributed by atoms with E-state index in [1.807, 2.05) is 11.3 Å². The third kappa shape index (κ3) is 5.10. The number of hydrogen-bond acceptors (Lipinski definition) is 3. The summed E-state index contributed by atoms with van der Waals surface area (Å²) >= 11 is 1.84. The van der Waals surface area contributed by atoms with E-state index in [0.717, 1.165) is 39.2 Å². The first-order chi connectivity index (χ1) is 25.3. The van der Waals surface area contributed by atoms with Gasteiger partial charge in [-0.25, -0.2) is 0 Å². The van der Waals surface area contributed by atoms with E-state index in [2.05, 4.69) is 193 Å². The van der Waals surface area contributed by atoms with E-state index in [1.165, 1.54) is 53.4 Å². The summed E-state index contributed by atoms with van der Waals surface area (Å²) in [4.78, 5) is 2.34. The summed E-state index contributed by atoms with van der Waals surface area (Å²) in [5.41, 5.74) is 12.1. The van der Waals surface area contributed by atoms with Gasteiger partial charge in [-0.2, -0.15) is 0 Å². The minimum atomic E-state index is 0.895. The Balaban J connectivity index is 1.17. The van der Waals surface area contributed by atoms with Gasteiger partial charge in [-0.3, -0.25) is 0 Å². The van der Waals surface area contributed by atoms with Crippen LogP contribution in [0.4, 0.5) is 17.1 Å². The Bertz CT molecular complexity index is 2780. The molecular formula is C48H31NOS. The Morgan fingerprint density at radius 2 is 0.902 bits per heavy atom. The molecule has 0 radical (unpaired) electrons. The summed E-state index contributed by atoms with van der Waals surface area (Å²) in [7, 11) is 0. The molecule has 0 aliphatic heterocycles. The van der Waals surface area contributed by atoms with Crippen molar-refractivity contribution in [3.63, 3.8) is 0 Å². The van der Waals surface area contributed by atoms with Crippen LogP contribution in [0, 0.1) is 0 Å². The molecule has 0 saturated carbocycles. The molecule has 0 saturated heterocycles. The van der Waals surface area contributed by atoms with Crippen LogP contribution in [-0.4, -0.2) is 0 Å². The first-order valence-electron chi connectivity index (χ1n) is 17.3. The summed E-state index contributed by atoms with van der Waals surface area (Å²) in [6.07, 6.45) is 0. The van der Waals surface area contributed by atoms with Crippen LogP contribution in [0.15, 0.2) is 192 Å². The van der Waals surface area contributed by atoms with Crippen molar-refractivity contribution < 1.29 is 4.42 Å². The van der Waals surface area contributed by atoms with E-state index in [1.54, 1.807) is 0 Å². The summed E-state index contributed by atoms with van der Waals surface area (Å²) in [5.74, 6) is 0. The van der Waals surface area contributed by atoms with Gasteiger partial charge in [0.25, 0.3) is 0 Å². The molecule has 0 aliphatic carbocycles. The summed E-state index contributed by atoms with van der Waals surface area (Å²) < 4.78 is 9.32. The van der Waals surface area contributed by atoms with Crippen molar-refractivity contribution in [2.24, 2.45) is 0 Å². The topological polar surface area (TPSA) is 16.4 Å². The Hall–Kier alpha value is -6.42. The highest BCUT2D eigenvalue weighted by Gasteiger charge is 2.23. The number of anilines is 3. The molecule has 0 bridgehead atoms. The Morgan fingerprint density at radius 1 is 0.392 bits per heavy atom. The third-order valence-corrected chi connectivity index (χ3v) is 11.0. The fraction of sp³-hybridized carbons (Fsp3) is 0. The van der Waals surface area contributed by atoms with E-state index in [0.29, 0.717) is 0 Å². The second-order valence-electron chi connectivity index (χ2n) is 12.9. The molecule has 240 valence electrons. The number of thiophene rings is 1. The van der Waals surface area contributed by atoms with Crippen molar-refractivity contribution in [2.75, 3.05) is 4.90 Å². The highest BCUT2D eigenvalue weighted by Crippen LogP contribution is 2.49. The number of rotatable bonds is 6. The van der Waals surface area contributed by atoms with Gasteiger partial charge in [0.2, 0.25) is 0 Å². The van der Waals surface area contributed by atoms with Gasteiger partial charge in [-0.1, -0.05) is 127 Å². The van der Waals surface area contributed by atoms with Crippen LogP contribution in [0.3, 0.4) is 0 Å². The molecule has 51 heavy (non-hydrogen) atoms. The molecule has 2 heterocycles. The van der Waals surface area contributed by atoms with Crippen LogP contribution < -0.4 is 4.90 Å². The van der Waals surface area contributed by atoms with E-state index in [9.17, 15) is 0 Å². The van der Waals surface area contributed by atoms with Gasteiger partial charge >= 0.3 is 0 Å². The Kier molecular flexibility index (Phi) is 7.04. The van der Waals surface area contributed by atoms with Gasteiger partial charge in [0.15, 0.2) is 5.58 Å². The van der Waals surface area contributed by atoms with Gasteiger partial charge in [-0.05, 0) is 94.0 Å². The molecular weight excluding hydrogens is 639 g/mol. The first kappa shape index (κ1) is 29.5. The maximum Gasteiger partial charge on any atom is 0.160 e. The lowest BCUT2D eigenvalue weighted by Gasteiger charge is -2.26. The molecule has 0 spiro atoms. The SMILES string of the molecule is c1ccc(-c2cc(-c3ccccc3)cc(-c3ccc(N(c4ccccc4)c4cc5c6ccccc6sc5c5c4oc4ccccc45)cc3)c2)cc1. The molecule has 10 aromatic rings. The first-order valence-corrected chi connectivity index (χ1v) is 18.1. The highest BCUT2D eigenvalue weighted by atomic mass is 32.1. The van der Waals surface area contributed by atoms with Gasteiger partial charge in [0.1, 0.15) is 5.58 Å². The van der Waals surface area contributed by atoms with Gasteiger partial charge in [0, 0.05) is 42.3 Å². The van der Waals surface area contributed by atoms with E-state index in [-0.39, 0.29) is 0 Å². The number of nitrogens with zero attached hydrogens (tertiary/aromatic N) is 1. The quantitative estimate of drug-likeness (QED) is 0.175. The van der Waals surface area contributed by atoms with Gasteiger partial charge in [-0.15, -0.1) is 11.3 Å². The molecule has 2 aromatic heterocycles. The van der Waals surface area contributed by atoms with Crippen LogP contribution in [0.1, 0.15) is 0 Å². The number of hydrogen-bond donors (Lipinski definition) is 0. The smallest absolute Gasteiger partial charge is 0.160 e. The van der Waals surface area contributed by atoms with Crippen LogP contribution in [-0.2, 0) is 0 Å². The van der Waals surface area contributed by atoms with Crippen molar-refractivity contribution in [3.05, 3.63) is 188 Å². The average Bonchev–Trinajstić information content (AvgIpc) is 3.78. The third-order valence-electron chi connectivity index (χ3n) is 9.83. The van der Waals surface area contributed by atoms with Crippen molar-refractivity contribution in [2.45, 2.75) is 0 Å². The van der Waals surface area contributed by atoms with Crippen LogP contribution in [0.5, 0.6) is 0 Å². The zero-order chi connectivity index (χ0) is 33.7. The number of para-hydroxylation sites is 2.